The third kappa shape index (κ3) is 3.01. The van der Waals surface area contributed by atoms with Crippen LogP contribution in [0.1, 0.15) is 43.9 Å². The van der Waals surface area contributed by atoms with E-state index in [-0.39, 0.29) is 0 Å². The highest BCUT2D eigenvalue weighted by molar-refractivity contribution is 6.33. The number of ether oxygens (including phenoxy) is 1. The van der Waals surface area contributed by atoms with E-state index in [1.807, 2.05) is 22.7 Å². The van der Waals surface area contributed by atoms with Crippen LogP contribution >= 0.6 is 11.6 Å². The van der Waals surface area contributed by atoms with Gasteiger partial charge in [0.2, 0.25) is 0 Å². The summed E-state index contributed by atoms with van der Waals surface area (Å²) in [5, 5.41) is 5.39. The summed E-state index contributed by atoms with van der Waals surface area (Å²) in [6.45, 7) is 6.59. The van der Waals surface area contributed by atoms with Crippen LogP contribution in [0.25, 0.3) is 16.8 Å². The normalized spacial score (nSPS) is 11.4. The lowest BCUT2D eigenvalue weighted by atomic mass is 9.94. The van der Waals surface area contributed by atoms with Gasteiger partial charge in [0.25, 0.3) is 0 Å². The third-order valence-corrected chi connectivity index (χ3v) is 4.98. The summed E-state index contributed by atoms with van der Waals surface area (Å²) >= 11 is 6.41. The second-order valence-corrected chi connectivity index (χ2v) is 6.56. The Bertz CT molecular complexity index is 865. The molecular formula is C20H23ClN2O. The number of aryl methyl sites for hydroxylation is 1. The molecule has 3 aromatic rings. The maximum Gasteiger partial charge on any atom is 0.120 e. The van der Waals surface area contributed by atoms with Crippen molar-refractivity contribution in [3.05, 3.63) is 52.7 Å². The summed E-state index contributed by atoms with van der Waals surface area (Å²) in [6, 6.07) is 12.3. The van der Waals surface area contributed by atoms with Crippen LogP contribution in [0, 0.1) is 6.92 Å². The van der Waals surface area contributed by atoms with Gasteiger partial charge >= 0.3 is 0 Å². The average Bonchev–Trinajstić information content (AvgIpc) is 3.00. The zero-order chi connectivity index (χ0) is 17.3. The van der Waals surface area contributed by atoms with E-state index in [2.05, 4.69) is 39.0 Å². The quantitative estimate of drug-likeness (QED) is 0.579. The molecule has 0 bridgehead atoms. The van der Waals surface area contributed by atoms with Crippen LogP contribution in [0.2, 0.25) is 5.02 Å². The van der Waals surface area contributed by atoms with E-state index in [4.69, 9.17) is 21.4 Å². The Morgan fingerprint density at radius 3 is 2.50 bits per heavy atom. The van der Waals surface area contributed by atoms with E-state index in [1.54, 1.807) is 7.11 Å². The van der Waals surface area contributed by atoms with Crippen LogP contribution in [0.5, 0.6) is 5.75 Å². The molecule has 2 aromatic heterocycles. The Morgan fingerprint density at radius 1 is 1.12 bits per heavy atom. The number of benzene rings is 1. The van der Waals surface area contributed by atoms with Crippen LogP contribution in [-0.4, -0.2) is 16.7 Å². The Labute approximate surface area is 148 Å². The van der Waals surface area contributed by atoms with Crippen LogP contribution in [0.4, 0.5) is 0 Å². The van der Waals surface area contributed by atoms with E-state index in [1.165, 1.54) is 5.56 Å². The minimum atomic E-state index is 0.594. The van der Waals surface area contributed by atoms with Crippen molar-refractivity contribution in [1.29, 1.82) is 0 Å². The van der Waals surface area contributed by atoms with Crippen molar-refractivity contribution in [2.45, 2.75) is 39.5 Å². The van der Waals surface area contributed by atoms with Crippen LogP contribution in [-0.2, 0) is 0 Å². The molecular weight excluding hydrogens is 320 g/mol. The smallest absolute Gasteiger partial charge is 0.120 e. The van der Waals surface area contributed by atoms with E-state index in [0.717, 1.165) is 41.1 Å². The van der Waals surface area contributed by atoms with Gasteiger partial charge in [0.05, 0.1) is 23.3 Å². The van der Waals surface area contributed by atoms with Gasteiger partial charge in [0, 0.05) is 11.3 Å². The van der Waals surface area contributed by atoms with Gasteiger partial charge in [-0.15, -0.1) is 0 Å². The molecule has 24 heavy (non-hydrogen) atoms. The van der Waals surface area contributed by atoms with E-state index in [9.17, 15) is 0 Å². The van der Waals surface area contributed by atoms with Crippen molar-refractivity contribution in [1.82, 2.24) is 9.61 Å². The van der Waals surface area contributed by atoms with Crippen molar-refractivity contribution < 1.29 is 4.74 Å². The van der Waals surface area contributed by atoms with Gasteiger partial charge in [0.15, 0.2) is 0 Å². The number of fused-ring (bicyclic) bond motifs is 1. The molecule has 0 saturated carbocycles. The fourth-order valence-electron chi connectivity index (χ4n) is 3.25. The van der Waals surface area contributed by atoms with Crippen LogP contribution in [0.15, 0.2) is 36.4 Å². The highest BCUT2D eigenvalue weighted by atomic mass is 35.5. The zero-order valence-corrected chi connectivity index (χ0v) is 15.4. The summed E-state index contributed by atoms with van der Waals surface area (Å²) in [6.07, 6.45) is 2.30. The van der Waals surface area contributed by atoms with Crippen LogP contribution < -0.4 is 4.74 Å². The number of hydrogen-bond donors (Lipinski definition) is 0. The van der Waals surface area contributed by atoms with Gasteiger partial charge in [-0.2, -0.15) is 5.10 Å². The predicted molar refractivity (Wildman–Crippen MR) is 100 cm³/mol. The number of nitrogens with zero attached hydrogens (tertiary/aromatic N) is 2. The number of aromatic nitrogens is 2. The summed E-state index contributed by atoms with van der Waals surface area (Å²) in [7, 11) is 1.64. The monoisotopic (exact) mass is 342 g/mol. The molecule has 0 radical (unpaired) electrons. The topological polar surface area (TPSA) is 26.5 Å². The fraction of sp³-hybridized carbons (Fsp3) is 0.350. The maximum atomic E-state index is 6.41. The fourth-order valence-corrected chi connectivity index (χ4v) is 3.52. The van der Waals surface area contributed by atoms with Crippen molar-refractivity contribution in [3.63, 3.8) is 0 Å². The molecule has 0 N–H and O–H groups in total. The number of halogens is 1. The Kier molecular flexibility index (Phi) is 4.81. The summed E-state index contributed by atoms with van der Waals surface area (Å²) in [5.74, 6) is 1.34. The molecule has 3 nitrogen and oxygen atoms in total. The maximum absolute atomic E-state index is 6.41. The second kappa shape index (κ2) is 6.86. The lowest BCUT2D eigenvalue weighted by Crippen LogP contribution is -2.00. The van der Waals surface area contributed by atoms with Gasteiger partial charge in [-0.1, -0.05) is 25.4 Å². The number of pyridine rings is 1. The molecule has 3 rings (SSSR count). The van der Waals surface area contributed by atoms with Crippen molar-refractivity contribution >= 4 is 17.1 Å². The molecule has 0 unspecified atom stereocenters. The molecule has 0 aliphatic carbocycles. The first-order valence-corrected chi connectivity index (χ1v) is 8.79. The minimum absolute atomic E-state index is 0.594. The molecule has 0 saturated heterocycles. The predicted octanol–water partition coefficient (Wildman–Crippen LogP) is 5.88. The lowest BCUT2D eigenvalue weighted by molar-refractivity contribution is 0.415. The Hall–Kier alpha value is -2.00. The molecule has 126 valence electrons. The number of rotatable bonds is 5. The van der Waals surface area contributed by atoms with Crippen molar-refractivity contribution in [2.75, 3.05) is 7.11 Å². The van der Waals surface area contributed by atoms with Gasteiger partial charge < -0.3 is 4.74 Å². The highest BCUT2D eigenvalue weighted by Gasteiger charge is 2.14. The second-order valence-electron chi connectivity index (χ2n) is 6.16. The number of methoxy groups -OCH3 is 1. The van der Waals surface area contributed by atoms with E-state index < -0.39 is 0 Å². The lowest BCUT2D eigenvalue weighted by Gasteiger charge is -2.14. The van der Waals surface area contributed by atoms with E-state index >= 15 is 0 Å². The van der Waals surface area contributed by atoms with Gasteiger partial charge in [-0.05, 0) is 67.6 Å². The molecule has 2 heterocycles. The number of hydrogen-bond acceptors (Lipinski definition) is 2. The molecule has 0 atom stereocenters. The van der Waals surface area contributed by atoms with Gasteiger partial charge in [0.1, 0.15) is 5.75 Å². The third-order valence-electron chi connectivity index (χ3n) is 4.67. The molecule has 4 heteroatoms. The molecule has 0 amide bonds. The Morgan fingerprint density at radius 2 is 1.88 bits per heavy atom. The molecule has 1 aromatic carbocycles. The standard InChI is InChI=1S/C20H23ClN2O/c1-5-14(6-2)15-9-13(3)23-16(10-15)11-20(22-23)18-8-7-17(24-4)12-19(18)21/h7-12,14H,5-6H2,1-4H3. The Balaban J connectivity index is 2.10. The largest absolute Gasteiger partial charge is 0.497 e. The zero-order valence-electron chi connectivity index (χ0n) is 14.6. The first kappa shape index (κ1) is 16.8. The first-order valence-electron chi connectivity index (χ1n) is 8.41. The van der Waals surface area contributed by atoms with Crippen LogP contribution in [0.3, 0.4) is 0 Å². The summed E-state index contributed by atoms with van der Waals surface area (Å²) in [5.41, 5.74) is 5.44. The molecule has 0 aliphatic heterocycles. The highest BCUT2D eigenvalue weighted by Crippen LogP contribution is 2.32. The summed E-state index contributed by atoms with van der Waals surface area (Å²) < 4.78 is 7.21. The minimum Gasteiger partial charge on any atom is -0.497 e. The van der Waals surface area contributed by atoms with Crippen molar-refractivity contribution in [3.8, 4) is 17.0 Å². The average molecular weight is 343 g/mol. The van der Waals surface area contributed by atoms with Gasteiger partial charge in [-0.3, -0.25) is 0 Å². The molecule has 0 spiro atoms. The summed E-state index contributed by atoms with van der Waals surface area (Å²) in [4.78, 5) is 0. The van der Waals surface area contributed by atoms with Crippen molar-refractivity contribution in [2.24, 2.45) is 0 Å². The molecule has 0 aliphatic rings. The SMILES string of the molecule is CCC(CC)c1cc(C)n2nc(-c3ccc(OC)cc3Cl)cc2c1. The van der Waals surface area contributed by atoms with E-state index in [0.29, 0.717) is 10.9 Å². The first-order chi connectivity index (χ1) is 11.6. The molecule has 0 fully saturated rings. The van der Waals surface area contributed by atoms with Gasteiger partial charge in [-0.25, -0.2) is 4.52 Å².